The van der Waals surface area contributed by atoms with Gasteiger partial charge in [-0.1, -0.05) is 36.0 Å². The standard InChI is InChI=1S/C16H20N2OSi/c1-13(17)15-7-3-4-8-16(15)19-20(2)11-9-14-6-5-10-18-12-14/h3-13,20H,17H2,1-2H3/b11-9+. The van der Waals surface area contributed by atoms with Gasteiger partial charge in [0.15, 0.2) is 0 Å². The zero-order valence-corrected chi connectivity index (χ0v) is 13.0. The molecule has 0 aliphatic heterocycles. The van der Waals surface area contributed by atoms with Crippen molar-refractivity contribution in [2.75, 3.05) is 0 Å². The Morgan fingerprint density at radius 2 is 2.05 bits per heavy atom. The summed E-state index contributed by atoms with van der Waals surface area (Å²) < 4.78 is 6.08. The van der Waals surface area contributed by atoms with Gasteiger partial charge in [-0.3, -0.25) is 4.98 Å². The summed E-state index contributed by atoms with van der Waals surface area (Å²) in [4.78, 5) is 4.09. The van der Waals surface area contributed by atoms with Crippen LogP contribution in [0.25, 0.3) is 6.08 Å². The van der Waals surface area contributed by atoms with Crippen molar-refractivity contribution >= 4 is 15.1 Å². The first-order valence-electron chi connectivity index (χ1n) is 6.76. The monoisotopic (exact) mass is 284 g/mol. The fourth-order valence-electron chi connectivity index (χ4n) is 1.92. The molecule has 0 amide bonds. The molecular formula is C16H20N2OSi. The SMILES string of the molecule is CC(N)c1ccccc1O[SiH](C)/C=C/c1cccnc1. The number of hydrogen-bond donors (Lipinski definition) is 1. The predicted octanol–water partition coefficient (Wildman–Crippen LogP) is 3.09. The van der Waals surface area contributed by atoms with Crippen molar-refractivity contribution in [3.63, 3.8) is 0 Å². The molecule has 0 fully saturated rings. The Labute approximate surface area is 121 Å². The van der Waals surface area contributed by atoms with Crippen molar-refractivity contribution in [1.82, 2.24) is 4.98 Å². The van der Waals surface area contributed by atoms with Crippen LogP contribution in [0.5, 0.6) is 5.75 Å². The topological polar surface area (TPSA) is 48.1 Å². The molecule has 3 nitrogen and oxygen atoms in total. The molecule has 4 heteroatoms. The lowest BCUT2D eigenvalue weighted by atomic mass is 10.1. The molecule has 1 aromatic heterocycles. The maximum absolute atomic E-state index is 6.08. The van der Waals surface area contributed by atoms with Gasteiger partial charge in [-0.2, -0.15) is 0 Å². The highest BCUT2D eigenvalue weighted by molar-refractivity contribution is 6.57. The van der Waals surface area contributed by atoms with Gasteiger partial charge in [0.25, 0.3) is 9.04 Å². The molecule has 104 valence electrons. The first kappa shape index (κ1) is 14.5. The molecule has 2 atom stereocenters. The molecular weight excluding hydrogens is 264 g/mol. The fraction of sp³-hybridized carbons (Fsp3) is 0.188. The van der Waals surface area contributed by atoms with Crippen LogP contribution in [-0.2, 0) is 0 Å². The number of nitrogens with zero attached hydrogens (tertiary/aromatic N) is 1. The third-order valence-electron chi connectivity index (χ3n) is 2.97. The van der Waals surface area contributed by atoms with Crippen LogP contribution in [0.15, 0.2) is 54.5 Å². The van der Waals surface area contributed by atoms with E-state index in [1.807, 2.05) is 49.5 Å². The summed E-state index contributed by atoms with van der Waals surface area (Å²) >= 11 is 0. The average molecular weight is 284 g/mol. The number of aromatic nitrogens is 1. The summed E-state index contributed by atoms with van der Waals surface area (Å²) in [5.74, 6) is 0.900. The molecule has 0 bridgehead atoms. The van der Waals surface area contributed by atoms with E-state index in [9.17, 15) is 0 Å². The zero-order chi connectivity index (χ0) is 14.4. The van der Waals surface area contributed by atoms with Gasteiger partial charge < -0.3 is 10.2 Å². The van der Waals surface area contributed by atoms with Crippen LogP contribution in [0.2, 0.25) is 6.55 Å². The molecule has 0 aliphatic rings. The number of pyridine rings is 1. The number of rotatable bonds is 5. The maximum Gasteiger partial charge on any atom is 0.257 e. The second-order valence-corrected chi connectivity index (χ2v) is 6.83. The number of hydrogen-bond acceptors (Lipinski definition) is 3. The second kappa shape index (κ2) is 7.03. The van der Waals surface area contributed by atoms with Gasteiger partial charge in [0.2, 0.25) is 0 Å². The van der Waals surface area contributed by atoms with E-state index < -0.39 is 9.04 Å². The van der Waals surface area contributed by atoms with Gasteiger partial charge in [0.05, 0.1) is 0 Å². The predicted molar refractivity (Wildman–Crippen MR) is 86.0 cm³/mol. The van der Waals surface area contributed by atoms with E-state index in [4.69, 9.17) is 10.2 Å². The van der Waals surface area contributed by atoms with Crippen molar-refractivity contribution < 1.29 is 4.43 Å². The van der Waals surface area contributed by atoms with Crippen molar-refractivity contribution in [3.8, 4) is 5.75 Å². The largest absolute Gasteiger partial charge is 0.543 e. The highest BCUT2D eigenvalue weighted by Gasteiger charge is 2.09. The van der Waals surface area contributed by atoms with Crippen molar-refractivity contribution in [1.29, 1.82) is 0 Å². The van der Waals surface area contributed by atoms with E-state index in [1.165, 1.54) is 0 Å². The van der Waals surface area contributed by atoms with E-state index in [0.29, 0.717) is 0 Å². The minimum absolute atomic E-state index is 0.0188. The highest BCUT2D eigenvalue weighted by atomic mass is 28.3. The molecule has 0 aliphatic carbocycles. The van der Waals surface area contributed by atoms with Crippen molar-refractivity contribution in [3.05, 3.63) is 65.6 Å². The quantitative estimate of drug-likeness (QED) is 0.858. The summed E-state index contributed by atoms with van der Waals surface area (Å²) in [5.41, 5.74) is 10.3. The van der Waals surface area contributed by atoms with Crippen molar-refractivity contribution in [2.45, 2.75) is 19.5 Å². The Hall–Kier alpha value is -1.91. The Kier molecular flexibility index (Phi) is 5.09. The Morgan fingerprint density at radius 3 is 2.75 bits per heavy atom. The zero-order valence-electron chi connectivity index (χ0n) is 11.9. The van der Waals surface area contributed by atoms with Gasteiger partial charge in [0.1, 0.15) is 5.75 Å². The van der Waals surface area contributed by atoms with Crippen LogP contribution < -0.4 is 10.2 Å². The van der Waals surface area contributed by atoms with E-state index in [-0.39, 0.29) is 6.04 Å². The number of para-hydroxylation sites is 1. The molecule has 2 rings (SSSR count). The summed E-state index contributed by atoms with van der Waals surface area (Å²) in [6.07, 6.45) is 5.68. The minimum atomic E-state index is -1.43. The summed E-state index contributed by atoms with van der Waals surface area (Å²) in [6.45, 7) is 4.12. The number of benzene rings is 1. The average Bonchev–Trinajstić information content (AvgIpc) is 2.46. The van der Waals surface area contributed by atoms with Crippen LogP contribution in [0.1, 0.15) is 24.1 Å². The lowest BCUT2D eigenvalue weighted by molar-refractivity contribution is 0.567. The van der Waals surface area contributed by atoms with Gasteiger partial charge in [-0.05, 0) is 31.2 Å². The van der Waals surface area contributed by atoms with Crippen LogP contribution in [0.4, 0.5) is 0 Å². The first-order chi connectivity index (χ1) is 9.66. The third-order valence-corrected chi connectivity index (χ3v) is 4.33. The lowest BCUT2D eigenvalue weighted by Crippen LogP contribution is -2.17. The summed E-state index contributed by atoms with van der Waals surface area (Å²) in [7, 11) is -1.43. The van der Waals surface area contributed by atoms with E-state index in [2.05, 4.69) is 23.3 Å². The molecule has 20 heavy (non-hydrogen) atoms. The Bertz CT molecular complexity index is 570. The Morgan fingerprint density at radius 1 is 1.25 bits per heavy atom. The van der Waals surface area contributed by atoms with Crippen LogP contribution >= 0.6 is 0 Å². The summed E-state index contributed by atoms with van der Waals surface area (Å²) in [6, 6.07) is 11.9. The summed E-state index contributed by atoms with van der Waals surface area (Å²) in [5, 5.41) is 0. The van der Waals surface area contributed by atoms with Crippen molar-refractivity contribution in [2.24, 2.45) is 5.73 Å². The molecule has 1 aromatic carbocycles. The smallest absolute Gasteiger partial charge is 0.257 e. The Balaban J connectivity index is 2.05. The van der Waals surface area contributed by atoms with Crippen LogP contribution in [-0.4, -0.2) is 14.0 Å². The lowest BCUT2D eigenvalue weighted by Gasteiger charge is -2.16. The van der Waals surface area contributed by atoms with Gasteiger partial charge >= 0.3 is 0 Å². The van der Waals surface area contributed by atoms with Crippen LogP contribution in [0.3, 0.4) is 0 Å². The number of nitrogens with two attached hydrogens (primary N) is 1. The van der Waals surface area contributed by atoms with Gasteiger partial charge in [-0.15, -0.1) is 0 Å². The molecule has 2 unspecified atom stereocenters. The molecule has 0 saturated carbocycles. The normalized spacial score (nSPS) is 14.2. The van der Waals surface area contributed by atoms with Gasteiger partial charge in [0, 0.05) is 24.0 Å². The molecule has 0 saturated heterocycles. The third kappa shape index (κ3) is 4.04. The molecule has 2 N–H and O–H groups in total. The van der Waals surface area contributed by atoms with Crippen LogP contribution in [0, 0.1) is 0 Å². The van der Waals surface area contributed by atoms with E-state index in [1.54, 1.807) is 6.20 Å². The molecule has 2 aromatic rings. The fourth-order valence-corrected chi connectivity index (χ4v) is 3.11. The second-order valence-electron chi connectivity index (χ2n) is 4.79. The minimum Gasteiger partial charge on any atom is -0.543 e. The molecule has 0 radical (unpaired) electrons. The van der Waals surface area contributed by atoms with E-state index in [0.717, 1.165) is 16.9 Å². The first-order valence-corrected chi connectivity index (χ1v) is 9.05. The molecule has 0 spiro atoms. The molecule has 1 heterocycles. The van der Waals surface area contributed by atoms with E-state index >= 15 is 0 Å². The maximum atomic E-state index is 6.08. The van der Waals surface area contributed by atoms with Gasteiger partial charge in [-0.25, -0.2) is 0 Å². The highest BCUT2D eigenvalue weighted by Crippen LogP contribution is 2.23.